The van der Waals surface area contributed by atoms with Crippen molar-refractivity contribution in [3.8, 4) is 0 Å². The van der Waals surface area contributed by atoms with E-state index in [4.69, 9.17) is 4.74 Å². The fraction of sp³-hybridized carbons (Fsp3) is 0.533. The van der Waals surface area contributed by atoms with Crippen LogP contribution in [-0.4, -0.2) is 45.9 Å². The Kier molecular flexibility index (Phi) is 4.88. The molecular weight excluding hydrogens is 286 g/mol. The van der Waals surface area contributed by atoms with E-state index >= 15 is 0 Å². The van der Waals surface area contributed by atoms with Crippen molar-refractivity contribution >= 4 is 23.4 Å². The molecule has 0 bridgehead atoms. The third kappa shape index (κ3) is 4.46. The highest BCUT2D eigenvalue weighted by atomic mass is 32.2. The van der Waals surface area contributed by atoms with Crippen molar-refractivity contribution in [2.75, 3.05) is 19.3 Å². The van der Waals surface area contributed by atoms with Crippen LogP contribution in [0.25, 0.3) is 5.57 Å². The fourth-order valence-corrected chi connectivity index (χ4v) is 2.33. The molecule has 0 saturated carbocycles. The Morgan fingerprint density at radius 2 is 2.00 bits per heavy atom. The van der Waals surface area contributed by atoms with E-state index in [9.17, 15) is 4.79 Å². The first-order valence-corrected chi connectivity index (χ1v) is 8.15. The lowest BCUT2D eigenvalue weighted by Gasteiger charge is -2.29. The fourth-order valence-electron chi connectivity index (χ4n) is 2.01. The zero-order valence-corrected chi connectivity index (χ0v) is 13.7. The zero-order valence-electron chi connectivity index (χ0n) is 12.9. The Labute approximate surface area is 129 Å². The second kappa shape index (κ2) is 6.47. The van der Waals surface area contributed by atoms with Crippen LogP contribution in [0.1, 0.15) is 32.8 Å². The first-order valence-electron chi connectivity index (χ1n) is 6.92. The molecule has 0 saturated heterocycles. The Balaban J connectivity index is 1.99. The van der Waals surface area contributed by atoms with Gasteiger partial charge in [0.1, 0.15) is 5.60 Å². The summed E-state index contributed by atoms with van der Waals surface area (Å²) in [5.41, 5.74) is 1.75. The molecule has 2 heterocycles. The number of hydrogen-bond acceptors (Lipinski definition) is 5. The van der Waals surface area contributed by atoms with Gasteiger partial charge in [-0.1, -0.05) is 17.8 Å². The number of thioether (sulfide) groups is 1. The van der Waals surface area contributed by atoms with Crippen LogP contribution < -0.4 is 0 Å². The maximum absolute atomic E-state index is 12.0. The Morgan fingerprint density at radius 3 is 2.48 bits per heavy atom. The first kappa shape index (κ1) is 15.8. The molecule has 2 rings (SSSR count). The maximum Gasteiger partial charge on any atom is 0.410 e. The molecule has 0 fully saturated rings. The number of ether oxygens (including phenoxy) is 1. The van der Waals surface area contributed by atoms with E-state index in [1.807, 2.05) is 45.5 Å². The second-order valence-corrected chi connectivity index (χ2v) is 6.64. The predicted molar refractivity (Wildman–Crippen MR) is 84.2 cm³/mol. The van der Waals surface area contributed by atoms with Gasteiger partial charge < -0.3 is 9.64 Å². The largest absolute Gasteiger partial charge is 0.444 e. The summed E-state index contributed by atoms with van der Waals surface area (Å²) in [6, 6.07) is 0. The molecule has 1 amide bonds. The molecule has 0 unspecified atom stereocenters. The number of rotatable bonds is 2. The van der Waals surface area contributed by atoms with E-state index < -0.39 is 5.60 Å². The average Bonchev–Trinajstić information content (AvgIpc) is 2.46. The van der Waals surface area contributed by atoms with E-state index in [2.05, 4.69) is 9.97 Å². The van der Waals surface area contributed by atoms with Gasteiger partial charge in [-0.25, -0.2) is 14.8 Å². The normalized spacial score (nSPS) is 15.6. The van der Waals surface area contributed by atoms with Crippen molar-refractivity contribution in [2.45, 2.75) is 37.9 Å². The number of amides is 1. The molecule has 1 aliphatic rings. The average molecular weight is 307 g/mol. The highest BCUT2D eigenvalue weighted by Crippen LogP contribution is 2.23. The highest BCUT2D eigenvalue weighted by molar-refractivity contribution is 7.98. The molecule has 0 spiro atoms. The third-order valence-corrected chi connectivity index (χ3v) is 3.62. The lowest BCUT2D eigenvalue weighted by atomic mass is 10.0. The van der Waals surface area contributed by atoms with Crippen molar-refractivity contribution in [1.29, 1.82) is 0 Å². The molecule has 0 N–H and O–H groups in total. The molecule has 0 radical (unpaired) electrons. The molecule has 0 aromatic carbocycles. The predicted octanol–water partition coefficient (Wildman–Crippen LogP) is 3.22. The lowest BCUT2D eigenvalue weighted by Crippen LogP contribution is -2.39. The molecule has 1 aromatic heterocycles. The number of carbonyl (C=O) groups excluding carboxylic acids is 1. The summed E-state index contributed by atoms with van der Waals surface area (Å²) in [4.78, 5) is 22.3. The van der Waals surface area contributed by atoms with E-state index in [-0.39, 0.29) is 6.09 Å². The molecule has 5 nitrogen and oxygen atoms in total. The molecular formula is C15H21N3O2S. The smallest absolute Gasteiger partial charge is 0.410 e. The Morgan fingerprint density at radius 1 is 1.33 bits per heavy atom. The minimum atomic E-state index is -0.456. The summed E-state index contributed by atoms with van der Waals surface area (Å²) in [6.07, 6.45) is 8.22. The topological polar surface area (TPSA) is 55.3 Å². The van der Waals surface area contributed by atoms with Gasteiger partial charge in [-0.05, 0) is 39.0 Å². The second-order valence-electron chi connectivity index (χ2n) is 5.86. The van der Waals surface area contributed by atoms with Crippen molar-refractivity contribution < 1.29 is 9.53 Å². The molecule has 1 aliphatic heterocycles. The van der Waals surface area contributed by atoms with Gasteiger partial charge >= 0.3 is 6.09 Å². The van der Waals surface area contributed by atoms with Gasteiger partial charge in [-0.2, -0.15) is 0 Å². The van der Waals surface area contributed by atoms with Crippen LogP contribution in [0.5, 0.6) is 0 Å². The Hall–Kier alpha value is -1.56. The molecule has 1 aromatic rings. The number of carbonyl (C=O) groups is 1. The molecule has 6 heteroatoms. The van der Waals surface area contributed by atoms with E-state index in [0.717, 1.165) is 17.1 Å². The zero-order chi connectivity index (χ0) is 15.5. The van der Waals surface area contributed by atoms with Crippen LogP contribution in [0.3, 0.4) is 0 Å². The lowest BCUT2D eigenvalue weighted by molar-refractivity contribution is 0.0270. The highest BCUT2D eigenvalue weighted by Gasteiger charge is 2.23. The van der Waals surface area contributed by atoms with Gasteiger partial charge in [0, 0.05) is 31.0 Å². The summed E-state index contributed by atoms with van der Waals surface area (Å²) >= 11 is 1.52. The van der Waals surface area contributed by atoms with Gasteiger partial charge in [0.25, 0.3) is 0 Å². The summed E-state index contributed by atoms with van der Waals surface area (Å²) in [6.45, 7) is 6.85. The first-order chi connectivity index (χ1) is 9.89. The van der Waals surface area contributed by atoms with Crippen LogP contribution in [0.15, 0.2) is 23.6 Å². The summed E-state index contributed by atoms with van der Waals surface area (Å²) < 4.78 is 5.38. The summed E-state index contributed by atoms with van der Waals surface area (Å²) in [5.74, 6) is 0. The van der Waals surface area contributed by atoms with Crippen LogP contribution in [0, 0.1) is 0 Å². The molecule has 0 aliphatic carbocycles. The minimum absolute atomic E-state index is 0.258. The van der Waals surface area contributed by atoms with E-state index in [1.54, 1.807) is 4.90 Å². The van der Waals surface area contributed by atoms with E-state index in [1.165, 1.54) is 17.3 Å². The van der Waals surface area contributed by atoms with Gasteiger partial charge in [0.15, 0.2) is 5.16 Å². The molecule has 114 valence electrons. The monoisotopic (exact) mass is 307 g/mol. The maximum atomic E-state index is 12.0. The van der Waals surface area contributed by atoms with Crippen LogP contribution in [-0.2, 0) is 4.74 Å². The van der Waals surface area contributed by atoms with Gasteiger partial charge in [0.05, 0.1) is 0 Å². The van der Waals surface area contributed by atoms with Crippen LogP contribution >= 0.6 is 11.8 Å². The summed E-state index contributed by atoms with van der Waals surface area (Å²) in [7, 11) is 0. The summed E-state index contributed by atoms with van der Waals surface area (Å²) in [5, 5.41) is 0.769. The minimum Gasteiger partial charge on any atom is -0.444 e. The number of aromatic nitrogens is 2. The van der Waals surface area contributed by atoms with Crippen molar-refractivity contribution in [2.24, 2.45) is 0 Å². The third-order valence-electron chi connectivity index (χ3n) is 3.04. The molecule has 21 heavy (non-hydrogen) atoms. The van der Waals surface area contributed by atoms with Crippen molar-refractivity contribution in [3.63, 3.8) is 0 Å². The van der Waals surface area contributed by atoms with Crippen molar-refractivity contribution in [1.82, 2.24) is 14.9 Å². The van der Waals surface area contributed by atoms with Gasteiger partial charge in [-0.15, -0.1) is 0 Å². The van der Waals surface area contributed by atoms with Gasteiger partial charge in [-0.3, -0.25) is 0 Å². The SMILES string of the molecule is CSc1ncc(C2=CCN(C(=O)OC(C)(C)C)CC2)cn1. The van der Waals surface area contributed by atoms with E-state index in [0.29, 0.717) is 13.1 Å². The standard InChI is InChI=1S/C15H21N3O2S/c1-15(2,3)20-14(19)18-7-5-11(6-8-18)12-9-16-13(21-4)17-10-12/h5,9-10H,6-8H2,1-4H3. The number of nitrogens with zero attached hydrogens (tertiary/aromatic N) is 3. The van der Waals surface area contributed by atoms with Gasteiger partial charge in [0.2, 0.25) is 0 Å². The Bertz CT molecular complexity index is 535. The van der Waals surface area contributed by atoms with Crippen molar-refractivity contribution in [3.05, 3.63) is 24.0 Å². The quantitative estimate of drug-likeness (QED) is 0.620. The number of hydrogen-bond donors (Lipinski definition) is 0. The van der Waals surface area contributed by atoms with Crippen LogP contribution in [0.4, 0.5) is 4.79 Å². The van der Waals surface area contributed by atoms with Crippen LogP contribution in [0.2, 0.25) is 0 Å². The molecule has 0 atom stereocenters.